The van der Waals surface area contributed by atoms with Crippen LogP contribution in [0.1, 0.15) is 17.5 Å². The Morgan fingerprint density at radius 2 is 2.37 bits per heavy atom. The summed E-state index contributed by atoms with van der Waals surface area (Å²) >= 11 is 1.83. The number of aromatic nitrogens is 2. The van der Waals surface area contributed by atoms with Crippen LogP contribution in [0, 0.1) is 0 Å². The van der Waals surface area contributed by atoms with Crippen LogP contribution in [0.15, 0.2) is 30.0 Å². The quantitative estimate of drug-likeness (QED) is 0.842. The topological polar surface area (TPSA) is 47.1 Å². The van der Waals surface area contributed by atoms with Crippen molar-refractivity contribution in [1.29, 1.82) is 0 Å². The molecule has 4 nitrogen and oxygen atoms in total. The summed E-state index contributed by atoms with van der Waals surface area (Å²) in [6.45, 7) is 4.63. The van der Waals surface area contributed by atoms with Gasteiger partial charge in [0.15, 0.2) is 0 Å². The van der Waals surface area contributed by atoms with Gasteiger partial charge in [-0.3, -0.25) is 4.90 Å². The molecule has 2 heterocycles. The van der Waals surface area contributed by atoms with Crippen molar-refractivity contribution in [3.05, 3.63) is 40.6 Å². The van der Waals surface area contributed by atoms with E-state index in [1.54, 1.807) is 0 Å². The first-order chi connectivity index (χ1) is 9.19. The fourth-order valence-corrected chi connectivity index (χ4v) is 2.87. The first-order valence-corrected chi connectivity index (χ1v) is 7.50. The van der Waals surface area contributed by atoms with Crippen LogP contribution >= 0.6 is 11.3 Å². The fraction of sp³-hybridized carbons (Fsp3) is 0.500. The summed E-state index contributed by atoms with van der Waals surface area (Å²) in [7, 11) is 2.15. The molecule has 2 aromatic heterocycles. The van der Waals surface area contributed by atoms with Gasteiger partial charge in [0, 0.05) is 36.8 Å². The summed E-state index contributed by atoms with van der Waals surface area (Å²) in [5, 5.41) is 2.14. The average molecular weight is 278 g/mol. The Kier molecular flexibility index (Phi) is 5.13. The zero-order valence-corrected chi connectivity index (χ0v) is 12.4. The summed E-state index contributed by atoms with van der Waals surface area (Å²) in [5.74, 6) is 0. The molecule has 104 valence electrons. The molecule has 0 aromatic carbocycles. The summed E-state index contributed by atoms with van der Waals surface area (Å²) in [6.07, 6.45) is 5.04. The van der Waals surface area contributed by atoms with E-state index in [0.29, 0.717) is 12.6 Å². The number of imidazole rings is 1. The van der Waals surface area contributed by atoms with Gasteiger partial charge in [0.2, 0.25) is 0 Å². The van der Waals surface area contributed by atoms with E-state index < -0.39 is 0 Å². The van der Waals surface area contributed by atoms with Crippen molar-refractivity contribution in [3.8, 4) is 0 Å². The number of hydrogen-bond acceptors (Lipinski definition) is 4. The highest BCUT2D eigenvalue weighted by Crippen LogP contribution is 2.14. The molecule has 0 aliphatic rings. The largest absolute Gasteiger partial charge is 0.336 e. The molecule has 2 rings (SSSR count). The minimum absolute atomic E-state index is 0.512. The zero-order chi connectivity index (χ0) is 13.7. The van der Waals surface area contributed by atoms with Crippen molar-refractivity contribution in [2.45, 2.75) is 32.5 Å². The van der Waals surface area contributed by atoms with E-state index >= 15 is 0 Å². The van der Waals surface area contributed by atoms with Gasteiger partial charge in [0.1, 0.15) is 0 Å². The van der Waals surface area contributed by atoms with E-state index in [1.165, 1.54) is 4.88 Å². The molecule has 1 unspecified atom stereocenters. The molecule has 0 bridgehead atoms. The Morgan fingerprint density at radius 3 is 3.05 bits per heavy atom. The Hall–Kier alpha value is -1.17. The van der Waals surface area contributed by atoms with Gasteiger partial charge >= 0.3 is 0 Å². The van der Waals surface area contributed by atoms with Crippen LogP contribution in [0.3, 0.4) is 0 Å². The van der Waals surface area contributed by atoms with Crippen LogP contribution < -0.4 is 5.73 Å². The number of rotatable bonds is 7. The number of nitrogens with zero attached hydrogens (tertiary/aromatic N) is 3. The highest BCUT2D eigenvalue weighted by Gasteiger charge is 2.12. The van der Waals surface area contributed by atoms with Crippen molar-refractivity contribution < 1.29 is 0 Å². The third-order valence-corrected chi connectivity index (χ3v) is 4.21. The van der Waals surface area contributed by atoms with Crippen molar-refractivity contribution >= 4 is 11.3 Å². The van der Waals surface area contributed by atoms with E-state index in [9.17, 15) is 0 Å². The molecule has 1 atom stereocenters. The van der Waals surface area contributed by atoms with Crippen molar-refractivity contribution in [2.24, 2.45) is 5.73 Å². The molecule has 2 aromatic rings. The predicted molar refractivity (Wildman–Crippen MR) is 80.2 cm³/mol. The molecule has 0 amide bonds. The van der Waals surface area contributed by atoms with Gasteiger partial charge in [-0.15, -0.1) is 11.3 Å². The summed E-state index contributed by atoms with van der Waals surface area (Å²) in [6, 6.07) is 4.82. The van der Waals surface area contributed by atoms with Crippen molar-refractivity contribution in [3.63, 3.8) is 0 Å². The first kappa shape index (κ1) is 14.2. The van der Waals surface area contributed by atoms with Crippen LogP contribution in [0.4, 0.5) is 0 Å². The molecule has 0 fully saturated rings. The van der Waals surface area contributed by atoms with Crippen molar-refractivity contribution in [2.75, 3.05) is 13.6 Å². The van der Waals surface area contributed by atoms with Crippen LogP contribution in [-0.2, 0) is 19.5 Å². The van der Waals surface area contributed by atoms with Gasteiger partial charge in [-0.05, 0) is 31.8 Å². The van der Waals surface area contributed by atoms with Crippen LogP contribution in [0.25, 0.3) is 0 Å². The lowest BCUT2D eigenvalue weighted by molar-refractivity contribution is 0.246. The maximum absolute atomic E-state index is 5.54. The predicted octanol–water partition coefficient (Wildman–Crippen LogP) is 1.97. The van der Waals surface area contributed by atoms with Crippen LogP contribution in [0.2, 0.25) is 0 Å². The van der Waals surface area contributed by atoms with Crippen molar-refractivity contribution in [1.82, 2.24) is 14.5 Å². The maximum atomic E-state index is 5.54. The second-order valence-corrected chi connectivity index (χ2v) is 5.97. The Bertz CT molecular complexity index is 477. The minimum atomic E-state index is 0.512. The fourth-order valence-electron chi connectivity index (χ4n) is 2.05. The van der Waals surface area contributed by atoms with E-state index in [4.69, 9.17) is 5.73 Å². The molecule has 0 radical (unpaired) electrons. The molecular weight excluding hydrogens is 256 g/mol. The molecule has 19 heavy (non-hydrogen) atoms. The minimum Gasteiger partial charge on any atom is -0.336 e. The lowest BCUT2D eigenvalue weighted by atomic mass is 10.2. The molecule has 0 aliphatic carbocycles. The highest BCUT2D eigenvalue weighted by atomic mass is 32.1. The number of thiophene rings is 1. The van der Waals surface area contributed by atoms with E-state index in [-0.39, 0.29) is 0 Å². The van der Waals surface area contributed by atoms with Gasteiger partial charge in [-0.25, -0.2) is 4.98 Å². The summed E-state index contributed by atoms with van der Waals surface area (Å²) in [5.41, 5.74) is 6.64. The Morgan fingerprint density at radius 1 is 1.53 bits per heavy atom. The first-order valence-electron chi connectivity index (χ1n) is 6.62. The standard InChI is InChI=1S/C14H22N4S/c1-12(8-14-4-3-7-19-14)17(2)9-13-10-18(6-5-15)11-16-13/h3-4,7,10-12H,5-6,8-9,15H2,1-2H3. The number of likely N-dealkylation sites (N-methyl/N-ethyl adjacent to an activating group) is 1. The van der Waals surface area contributed by atoms with E-state index in [1.807, 2.05) is 22.2 Å². The van der Waals surface area contributed by atoms with Gasteiger partial charge in [0.25, 0.3) is 0 Å². The number of hydrogen-bond donors (Lipinski definition) is 1. The molecule has 0 aliphatic heterocycles. The average Bonchev–Trinajstić information content (AvgIpc) is 3.02. The Labute approximate surface area is 118 Å². The normalized spacial score (nSPS) is 13.1. The lowest BCUT2D eigenvalue weighted by Crippen LogP contribution is -2.30. The molecule has 0 saturated heterocycles. The maximum Gasteiger partial charge on any atom is 0.0950 e. The third kappa shape index (κ3) is 4.16. The molecule has 2 N–H and O–H groups in total. The molecular formula is C14H22N4S. The second-order valence-electron chi connectivity index (χ2n) is 4.94. The van der Waals surface area contributed by atoms with E-state index in [0.717, 1.165) is 25.2 Å². The Balaban J connectivity index is 1.86. The molecule has 5 heteroatoms. The second kappa shape index (κ2) is 6.84. The summed E-state index contributed by atoms with van der Waals surface area (Å²) < 4.78 is 2.05. The van der Waals surface area contributed by atoms with Gasteiger partial charge in [0.05, 0.1) is 12.0 Å². The SMILES string of the molecule is CC(Cc1cccs1)N(C)Cc1cn(CCN)cn1. The lowest BCUT2D eigenvalue weighted by Gasteiger charge is -2.23. The van der Waals surface area contributed by atoms with Crippen LogP contribution in [-0.4, -0.2) is 34.1 Å². The smallest absolute Gasteiger partial charge is 0.0950 e. The van der Waals surface area contributed by atoms with Gasteiger partial charge in [-0.2, -0.15) is 0 Å². The van der Waals surface area contributed by atoms with Gasteiger partial charge < -0.3 is 10.3 Å². The zero-order valence-electron chi connectivity index (χ0n) is 11.6. The monoisotopic (exact) mass is 278 g/mol. The van der Waals surface area contributed by atoms with Gasteiger partial charge in [-0.1, -0.05) is 6.07 Å². The van der Waals surface area contributed by atoms with E-state index in [2.05, 4.69) is 47.6 Å². The molecule has 0 spiro atoms. The third-order valence-electron chi connectivity index (χ3n) is 3.31. The van der Waals surface area contributed by atoms with Crippen LogP contribution in [0.5, 0.6) is 0 Å². The summed E-state index contributed by atoms with van der Waals surface area (Å²) in [4.78, 5) is 8.20. The molecule has 0 saturated carbocycles. The highest BCUT2D eigenvalue weighted by molar-refractivity contribution is 7.09. The number of nitrogens with two attached hydrogens (primary N) is 1.